The minimum absolute atomic E-state index is 0.237. The summed E-state index contributed by atoms with van der Waals surface area (Å²) in [6.45, 7) is 5.20. The third-order valence-corrected chi connectivity index (χ3v) is 2.86. The second kappa shape index (κ2) is 4.76. The fourth-order valence-electron chi connectivity index (χ4n) is 2.00. The summed E-state index contributed by atoms with van der Waals surface area (Å²) in [5.74, 6) is -0.274. The predicted octanol–water partition coefficient (Wildman–Crippen LogP) is 1.28. The Morgan fingerprint density at radius 1 is 1.17 bits per heavy atom. The van der Waals surface area contributed by atoms with Gasteiger partial charge in [-0.1, -0.05) is 43.0 Å². The number of fused-ring (bicyclic) bond motifs is 1. The van der Waals surface area contributed by atoms with Gasteiger partial charge in [0, 0.05) is 11.0 Å². The third-order valence-electron chi connectivity index (χ3n) is 2.86. The fraction of sp³-hybridized carbons (Fsp3) is 0.0714. The zero-order valence-electron chi connectivity index (χ0n) is 10.1. The molecule has 0 saturated heterocycles. The molecule has 0 aliphatic heterocycles. The third kappa shape index (κ3) is 2.08. The lowest BCUT2D eigenvalue weighted by Crippen LogP contribution is -2.35. The number of carbonyl (C=O) groups excluding carboxylic acids is 1. The molecule has 0 amide bonds. The van der Waals surface area contributed by atoms with Gasteiger partial charge in [0.05, 0.1) is 0 Å². The summed E-state index contributed by atoms with van der Waals surface area (Å²) < 4.78 is 0. The summed E-state index contributed by atoms with van der Waals surface area (Å²) >= 11 is 0. The van der Waals surface area contributed by atoms with Crippen LogP contribution in [0.15, 0.2) is 48.6 Å². The molecule has 2 rings (SSSR count). The van der Waals surface area contributed by atoms with Crippen molar-refractivity contribution in [1.29, 1.82) is 0 Å². The van der Waals surface area contributed by atoms with Crippen molar-refractivity contribution in [2.75, 3.05) is 0 Å². The first kappa shape index (κ1) is 12.5. The summed E-state index contributed by atoms with van der Waals surface area (Å²) in [5.41, 5.74) is 0.893. The molecule has 0 saturated carbocycles. The number of ketones is 1. The topological polar surface area (TPSA) is 57.5 Å². The van der Waals surface area contributed by atoms with Crippen molar-refractivity contribution in [3.8, 4) is 0 Å². The van der Waals surface area contributed by atoms with Gasteiger partial charge in [0.25, 0.3) is 0 Å². The molecule has 18 heavy (non-hydrogen) atoms. The van der Waals surface area contributed by atoms with Gasteiger partial charge >= 0.3 is 7.12 Å². The number of hydrogen-bond donors (Lipinski definition) is 2. The molecule has 3 nitrogen and oxygen atoms in total. The molecule has 0 aromatic heterocycles. The molecule has 0 spiro atoms. The molecule has 4 heteroatoms. The Hall–Kier alpha value is -1.91. The van der Waals surface area contributed by atoms with Crippen LogP contribution in [0.5, 0.6) is 0 Å². The van der Waals surface area contributed by atoms with Crippen LogP contribution < -0.4 is 5.46 Å². The van der Waals surface area contributed by atoms with Crippen LogP contribution in [-0.4, -0.2) is 22.9 Å². The Balaban J connectivity index is 2.78. The first-order valence-corrected chi connectivity index (χ1v) is 5.60. The molecule has 2 N–H and O–H groups in total. The molecule has 2 aromatic rings. The van der Waals surface area contributed by atoms with E-state index < -0.39 is 7.12 Å². The number of hydrogen-bond acceptors (Lipinski definition) is 3. The summed E-state index contributed by atoms with van der Waals surface area (Å²) in [4.78, 5) is 12.0. The highest BCUT2D eigenvalue weighted by Crippen LogP contribution is 2.16. The van der Waals surface area contributed by atoms with Gasteiger partial charge in [0.2, 0.25) is 0 Å². The zero-order chi connectivity index (χ0) is 13.3. The quantitative estimate of drug-likeness (QED) is 0.482. The van der Waals surface area contributed by atoms with Gasteiger partial charge in [-0.3, -0.25) is 4.79 Å². The van der Waals surface area contributed by atoms with Gasteiger partial charge in [-0.15, -0.1) is 0 Å². The van der Waals surface area contributed by atoms with Gasteiger partial charge < -0.3 is 10.0 Å². The number of benzene rings is 2. The normalized spacial score (nSPS) is 10.4. The molecule has 0 heterocycles. The first-order valence-electron chi connectivity index (χ1n) is 5.60. The Kier molecular flexibility index (Phi) is 3.32. The highest BCUT2D eigenvalue weighted by atomic mass is 16.4. The minimum Gasteiger partial charge on any atom is -0.423 e. The minimum atomic E-state index is -1.69. The van der Waals surface area contributed by atoms with Crippen molar-refractivity contribution in [2.24, 2.45) is 0 Å². The Morgan fingerprint density at radius 3 is 2.44 bits per heavy atom. The van der Waals surface area contributed by atoms with Crippen LogP contribution in [0.2, 0.25) is 0 Å². The van der Waals surface area contributed by atoms with E-state index in [0.29, 0.717) is 11.0 Å². The molecular formula is C14H13BO3. The van der Waals surface area contributed by atoms with E-state index in [2.05, 4.69) is 6.58 Å². The van der Waals surface area contributed by atoms with Crippen LogP contribution >= 0.6 is 0 Å². The number of rotatable bonds is 3. The standard InChI is InChI=1S/C14H13BO3/c1-9(2)14(16)12-8-7-10-5-3-4-6-11(10)13(12)15(17)18/h3-8,17-18H,1H2,2H3. The van der Waals surface area contributed by atoms with E-state index in [1.54, 1.807) is 31.2 Å². The average Bonchev–Trinajstić information content (AvgIpc) is 2.36. The van der Waals surface area contributed by atoms with E-state index >= 15 is 0 Å². The maximum atomic E-state index is 12.0. The fourth-order valence-corrected chi connectivity index (χ4v) is 2.00. The lowest BCUT2D eigenvalue weighted by molar-refractivity contribution is 0.103. The Morgan fingerprint density at radius 2 is 1.83 bits per heavy atom. The van der Waals surface area contributed by atoms with Crippen LogP contribution in [0.1, 0.15) is 17.3 Å². The average molecular weight is 240 g/mol. The maximum absolute atomic E-state index is 12.0. The highest BCUT2D eigenvalue weighted by Gasteiger charge is 2.23. The van der Waals surface area contributed by atoms with Gasteiger partial charge in [-0.05, 0) is 23.3 Å². The van der Waals surface area contributed by atoms with Crippen LogP contribution in [0.3, 0.4) is 0 Å². The number of allylic oxidation sites excluding steroid dienone is 1. The van der Waals surface area contributed by atoms with Crippen LogP contribution in [0, 0.1) is 0 Å². The zero-order valence-corrected chi connectivity index (χ0v) is 10.1. The van der Waals surface area contributed by atoms with Crippen molar-refractivity contribution in [3.63, 3.8) is 0 Å². The van der Waals surface area contributed by atoms with Gasteiger partial charge in [0.15, 0.2) is 5.78 Å². The largest absolute Gasteiger partial charge is 0.489 e. The molecule has 0 bridgehead atoms. The second-order valence-electron chi connectivity index (χ2n) is 4.23. The van der Waals surface area contributed by atoms with E-state index in [-0.39, 0.29) is 16.8 Å². The van der Waals surface area contributed by atoms with Crippen molar-refractivity contribution in [2.45, 2.75) is 6.92 Å². The van der Waals surface area contributed by atoms with Gasteiger partial charge in [-0.2, -0.15) is 0 Å². The van der Waals surface area contributed by atoms with E-state index in [1.165, 1.54) is 0 Å². The van der Waals surface area contributed by atoms with Crippen molar-refractivity contribution < 1.29 is 14.8 Å². The van der Waals surface area contributed by atoms with Crippen LogP contribution in [-0.2, 0) is 0 Å². The molecule has 0 fully saturated rings. The maximum Gasteiger partial charge on any atom is 0.489 e. The Labute approximate surface area is 106 Å². The van der Waals surface area contributed by atoms with Crippen molar-refractivity contribution in [1.82, 2.24) is 0 Å². The smallest absolute Gasteiger partial charge is 0.423 e. The molecule has 0 atom stereocenters. The molecule has 2 aromatic carbocycles. The molecule has 0 unspecified atom stereocenters. The van der Waals surface area contributed by atoms with Gasteiger partial charge in [0.1, 0.15) is 0 Å². The number of carbonyl (C=O) groups is 1. The highest BCUT2D eigenvalue weighted by molar-refractivity contribution is 6.64. The van der Waals surface area contributed by atoms with Crippen molar-refractivity contribution in [3.05, 3.63) is 54.1 Å². The molecule has 0 aliphatic carbocycles. The first-order chi connectivity index (χ1) is 8.52. The molecule has 0 radical (unpaired) electrons. The van der Waals surface area contributed by atoms with Crippen molar-refractivity contribution >= 4 is 29.1 Å². The van der Waals surface area contributed by atoms with E-state index in [0.717, 1.165) is 5.39 Å². The number of Topliss-reactive ketones (excluding diaryl/α,β-unsaturated/α-hetero) is 1. The monoisotopic (exact) mass is 240 g/mol. The molecular weight excluding hydrogens is 227 g/mol. The SMILES string of the molecule is C=C(C)C(=O)c1ccc2ccccc2c1B(O)O. The lowest BCUT2D eigenvalue weighted by Gasteiger charge is -2.11. The van der Waals surface area contributed by atoms with E-state index in [1.807, 2.05) is 12.1 Å². The van der Waals surface area contributed by atoms with E-state index in [9.17, 15) is 14.8 Å². The summed E-state index contributed by atoms with van der Waals surface area (Å²) in [6, 6.07) is 10.7. The molecule has 0 aliphatic rings. The summed E-state index contributed by atoms with van der Waals surface area (Å²) in [7, 11) is -1.69. The van der Waals surface area contributed by atoms with Crippen LogP contribution in [0.25, 0.3) is 10.8 Å². The Bertz CT molecular complexity index is 632. The van der Waals surface area contributed by atoms with Gasteiger partial charge in [-0.25, -0.2) is 0 Å². The summed E-state index contributed by atoms with van der Waals surface area (Å²) in [6.07, 6.45) is 0. The predicted molar refractivity (Wildman–Crippen MR) is 72.9 cm³/mol. The summed E-state index contributed by atoms with van der Waals surface area (Å²) in [5, 5.41) is 20.5. The lowest BCUT2D eigenvalue weighted by atomic mass is 9.72. The van der Waals surface area contributed by atoms with Crippen LogP contribution in [0.4, 0.5) is 0 Å². The van der Waals surface area contributed by atoms with E-state index in [4.69, 9.17) is 0 Å². The second-order valence-corrected chi connectivity index (χ2v) is 4.23. The molecule has 90 valence electrons.